The van der Waals surface area contributed by atoms with Crippen molar-refractivity contribution in [3.8, 4) is 0 Å². The lowest BCUT2D eigenvalue weighted by Crippen LogP contribution is -2.15. The second kappa shape index (κ2) is 8.69. The molecule has 0 saturated carbocycles. The summed E-state index contributed by atoms with van der Waals surface area (Å²) >= 11 is 0. The smallest absolute Gasteiger partial charge is 0.225 e. The van der Waals surface area contributed by atoms with Crippen LogP contribution in [0.15, 0.2) is 6.07 Å². The maximum atomic E-state index is 11.8. The highest BCUT2D eigenvalue weighted by Crippen LogP contribution is 2.17. The van der Waals surface area contributed by atoms with Crippen LogP contribution in [0.1, 0.15) is 51.6 Å². The van der Waals surface area contributed by atoms with Crippen LogP contribution in [-0.4, -0.2) is 22.6 Å². The molecule has 0 aliphatic rings. The summed E-state index contributed by atoms with van der Waals surface area (Å²) in [6.45, 7) is 4.91. The number of anilines is 1. The van der Waals surface area contributed by atoms with Gasteiger partial charge in [0.15, 0.2) is 5.82 Å². The topological polar surface area (TPSA) is 83.8 Å². The number of carbonyl (C=O) groups is 1. The molecule has 0 saturated heterocycles. The van der Waals surface area contributed by atoms with Crippen molar-refractivity contribution < 1.29 is 4.79 Å². The number of aryl methyl sites for hydroxylation is 1. The quantitative estimate of drug-likeness (QED) is 0.642. The van der Waals surface area contributed by atoms with Gasteiger partial charge in [-0.1, -0.05) is 26.7 Å². The van der Waals surface area contributed by atoms with Gasteiger partial charge in [0.05, 0.1) is 0 Å². The van der Waals surface area contributed by atoms with Crippen LogP contribution >= 0.6 is 0 Å². The minimum absolute atomic E-state index is 0.0345. The number of hydrogen-bond acceptors (Lipinski definition) is 3. The Hall–Kier alpha value is -1.36. The van der Waals surface area contributed by atoms with E-state index in [1.807, 2.05) is 13.0 Å². The number of nitrogens with one attached hydrogen (secondary N) is 2. The number of H-pyrrole nitrogens is 1. The van der Waals surface area contributed by atoms with Crippen molar-refractivity contribution in [3.05, 3.63) is 11.8 Å². The zero-order valence-electron chi connectivity index (χ0n) is 12.0. The van der Waals surface area contributed by atoms with Gasteiger partial charge in [-0.25, -0.2) is 0 Å². The zero-order valence-corrected chi connectivity index (χ0v) is 12.0. The van der Waals surface area contributed by atoms with Gasteiger partial charge in [-0.15, -0.1) is 0 Å². The van der Waals surface area contributed by atoms with Gasteiger partial charge >= 0.3 is 0 Å². The summed E-state index contributed by atoms with van der Waals surface area (Å²) in [5.74, 6) is 1.21. The first-order valence-corrected chi connectivity index (χ1v) is 7.23. The molecule has 1 heterocycles. The molecule has 0 aliphatic heterocycles. The van der Waals surface area contributed by atoms with E-state index in [1.54, 1.807) is 0 Å². The van der Waals surface area contributed by atoms with E-state index in [9.17, 15) is 4.79 Å². The van der Waals surface area contributed by atoms with E-state index in [-0.39, 0.29) is 5.91 Å². The molecule has 0 fully saturated rings. The molecule has 0 aromatic carbocycles. The molecule has 108 valence electrons. The van der Waals surface area contributed by atoms with Crippen LogP contribution in [-0.2, 0) is 11.2 Å². The van der Waals surface area contributed by atoms with Crippen LogP contribution in [0.4, 0.5) is 5.82 Å². The normalized spacial score (nSPS) is 12.4. The number of nitrogens with two attached hydrogens (primary N) is 1. The Labute approximate surface area is 115 Å². The Balaban J connectivity index is 2.33. The second-order valence-electron chi connectivity index (χ2n) is 4.95. The molecule has 1 aromatic heterocycles. The van der Waals surface area contributed by atoms with Crippen LogP contribution in [0.5, 0.6) is 0 Å². The first-order chi connectivity index (χ1) is 9.19. The van der Waals surface area contributed by atoms with E-state index < -0.39 is 0 Å². The molecule has 1 amide bonds. The molecule has 1 unspecified atom stereocenters. The fourth-order valence-electron chi connectivity index (χ4n) is 2.22. The van der Waals surface area contributed by atoms with E-state index in [2.05, 4.69) is 22.4 Å². The highest BCUT2D eigenvalue weighted by molar-refractivity contribution is 5.89. The average molecular weight is 266 g/mol. The fourth-order valence-corrected chi connectivity index (χ4v) is 2.22. The predicted molar refractivity (Wildman–Crippen MR) is 77.9 cm³/mol. The van der Waals surface area contributed by atoms with Crippen LogP contribution < -0.4 is 11.1 Å². The Morgan fingerprint density at radius 1 is 1.42 bits per heavy atom. The van der Waals surface area contributed by atoms with Crippen molar-refractivity contribution in [1.82, 2.24) is 10.2 Å². The first-order valence-electron chi connectivity index (χ1n) is 7.23. The average Bonchev–Trinajstić information content (AvgIpc) is 2.84. The van der Waals surface area contributed by atoms with E-state index in [4.69, 9.17) is 5.73 Å². The van der Waals surface area contributed by atoms with Gasteiger partial charge in [0.2, 0.25) is 5.91 Å². The van der Waals surface area contributed by atoms with Crippen molar-refractivity contribution in [2.45, 2.75) is 52.4 Å². The molecule has 0 aliphatic carbocycles. The zero-order chi connectivity index (χ0) is 14.1. The Bertz CT molecular complexity index is 369. The highest BCUT2D eigenvalue weighted by Gasteiger charge is 2.11. The monoisotopic (exact) mass is 266 g/mol. The van der Waals surface area contributed by atoms with E-state index >= 15 is 0 Å². The van der Waals surface area contributed by atoms with Crippen LogP contribution in [0.2, 0.25) is 0 Å². The third-order valence-electron chi connectivity index (χ3n) is 3.33. The summed E-state index contributed by atoms with van der Waals surface area (Å²) in [7, 11) is 0. The van der Waals surface area contributed by atoms with Crippen LogP contribution in [0.3, 0.4) is 0 Å². The molecule has 0 bridgehead atoms. The third kappa shape index (κ3) is 5.87. The van der Waals surface area contributed by atoms with Crippen molar-refractivity contribution >= 4 is 11.7 Å². The summed E-state index contributed by atoms with van der Waals surface area (Å²) in [6, 6.07) is 1.88. The number of amides is 1. The van der Waals surface area contributed by atoms with Crippen LogP contribution in [0.25, 0.3) is 0 Å². The van der Waals surface area contributed by atoms with E-state index in [1.165, 1.54) is 0 Å². The summed E-state index contributed by atoms with van der Waals surface area (Å²) in [5.41, 5.74) is 6.62. The molecule has 1 rings (SSSR count). The first kappa shape index (κ1) is 15.7. The lowest BCUT2D eigenvalue weighted by molar-refractivity contribution is -0.116. The van der Waals surface area contributed by atoms with Gasteiger partial charge in [0, 0.05) is 18.2 Å². The lowest BCUT2D eigenvalue weighted by atomic mass is 9.94. The molecule has 5 nitrogen and oxygen atoms in total. The van der Waals surface area contributed by atoms with Gasteiger partial charge in [-0.3, -0.25) is 9.89 Å². The summed E-state index contributed by atoms with van der Waals surface area (Å²) in [5, 5.41) is 9.76. The third-order valence-corrected chi connectivity index (χ3v) is 3.33. The van der Waals surface area contributed by atoms with Gasteiger partial charge in [0.25, 0.3) is 0 Å². The lowest BCUT2D eigenvalue weighted by Gasteiger charge is -2.14. The van der Waals surface area contributed by atoms with E-state index in [0.717, 1.165) is 37.8 Å². The highest BCUT2D eigenvalue weighted by atomic mass is 16.1. The molecule has 4 N–H and O–H groups in total. The minimum atomic E-state index is 0.0345. The molecule has 0 radical (unpaired) electrons. The van der Waals surface area contributed by atoms with Gasteiger partial charge in [-0.05, 0) is 31.7 Å². The van der Waals surface area contributed by atoms with E-state index in [0.29, 0.717) is 24.7 Å². The van der Waals surface area contributed by atoms with Crippen molar-refractivity contribution in [2.24, 2.45) is 11.7 Å². The Kier molecular flexibility index (Phi) is 7.18. The summed E-state index contributed by atoms with van der Waals surface area (Å²) in [6.07, 6.45) is 5.63. The van der Waals surface area contributed by atoms with Gasteiger partial charge < -0.3 is 11.1 Å². The predicted octanol–water partition coefficient (Wildman–Crippen LogP) is 2.46. The number of carbonyl (C=O) groups excluding carboxylic acids is 1. The Morgan fingerprint density at radius 2 is 2.21 bits per heavy atom. The standard InChI is InChI=1S/C14H26N4O/c1-3-5-11(8-9-15)6-7-14(19)16-13-10-12(4-2)17-18-13/h10-11H,3-9,15H2,1-2H3,(H2,16,17,18,19). The molecular weight excluding hydrogens is 240 g/mol. The largest absolute Gasteiger partial charge is 0.330 e. The van der Waals surface area contributed by atoms with Crippen LogP contribution in [0, 0.1) is 5.92 Å². The Morgan fingerprint density at radius 3 is 2.79 bits per heavy atom. The van der Waals surface area contributed by atoms with Gasteiger partial charge in [0.1, 0.15) is 0 Å². The van der Waals surface area contributed by atoms with Crippen molar-refractivity contribution in [1.29, 1.82) is 0 Å². The molecule has 5 heteroatoms. The summed E-state index contributed by atoms with van der Waals surface area (Å²) in [4.78, 5) is 11.8. The minimum Gasteiger partial charge on any atom is -0.330 e. The molecule has 19 heavy (non-hydrogen) atoms. The second-order valence-corrected chi connectivity index (χ2v) is 4.95. The number of nitrogens with zero attached hydrogens (tertiary/aromatic N) is 1. The SMILES string of the molecule is CCCC(CCN)CCC(=O)Nc1cc(CC)[nH]n1. The summed E-state index contributed by atoms with van der Waals surface area (Å²) < 4.78 is 0. The fraction of sp³-hybridized carbons (Fsp3) is 0.714. The number of aromatic nitrogens is 2. The number of hydrogen-bond donors (Lipinski definition) is 3. The maximum absolute atomic E-state index is 11.8. The maximum Gasteiger partial charge on any atom is 0.225 e. The molecule has 1 aromatic rings. The van der Waals surface area contributed by atoms with Crippen molar-refractivity contribution in [2.75, 3.05) is 11.9 Å². The molecule has 0 spiro atoms. The van der Waals surface area contributed by atoms with Gasteiger partial charge in [-0.2, -0.15) is 5.10 Å². The molecule has 1 atom stereocenters. The number of aromatic amines is 1. The van der Waals surface area contributed by atoms with Crippen molar-refractivity contribution in [3.63, 3.8) is 0 Å². The molecular formula is C14H26N4O. The number of rotatable bonds is 9.